The van der Waals surface area contributed by atoms with Gasteiger partial charge in [-0.15, -0.1) is 0 Å². The van der Waals surface area contributed by atoms with E-state index in [1.54, 1.807) is 11.1 Å². The molecule has 0 radical (unpaired) electrons. The summed E-state index contributed by atoms with van der Waals surface area (Å²) in [4.78, 5) is 33.8. The van der Waals surface area contributed by atoms with Gasteiger partial charge >= 0.3 is 6.09 Å². The number of fused-ring (bicyclic) bond motifs is 1. The number of pyridine rings is 1. The summed E-state index contributed by atoms with van der Waals surface area (Å²) in [6.07, 6.45) is 1.38. The summed E-state index contributed by atoms with van der Waals surface area (Å²) in [6, 6.07) is 11.5. The molecule has 1 aliphatic heterocycles. The van der Waals surface area contributed by atoms with Crippen molar-refractivity contribution in [3.63, 3.8) is 0 Å². The van der Waals surface area contributed by atoms with Crippen molar-refractivity contribution in [3.8, 4) is 5.75 Å². The van der Waals surface area contributed by atoms with Crippen LogP contribution in [0.3, 0.4) is 0 Å². The second-order valence-electron chi connectivity index (χ2n) is 9.71. The Morgan fingerprint density at radius 3 is 2.42 bits per heavy atom. The molecule has 0 spiro atoms. The zero-order chi connectivity index (χ0) is 25.9. The van der Waals surface area contributed by atoms with Gasteiger partial charge in [0.05, 0.1) is 24.0 Å². The van der Waals surface area contributed by atoms with Gasteiger partial charge < -0.3 is 29.2 Å². The SMILES string of the molecule is CCOc1cccc2c1cc(C(=O)Nc1ccc(N3CCN(C(=O)OC(C)(C)C)CC3)nc1)n2CC. The van der Waals surface area contributed by atoms with Crippen LogP contribution in [0.1, 0.15) is 45.1 Å². The molecule has 9 heteroatoms. The van der Waals surface area contributed by atoms with Crippen LogP contribution in [0.5, 0.6) is 5.75 Å². The minimum Gasteiger partial charge on any atom is -0.493 e. The van der Waals surface area contributed by atoms with Crippen molar-refractivity contribution in [2.24, 2.45) is 0 Å². The zero-order valence-corrected chi connectivity index (χ0v) is 21.7. The third kappa shape index (κ3) is 5.56. The summed E-state index contributed by atoms with van der Waals surface area (Å²) in [7, 11) is 0. The van der Waals surface area contributed by atoms with Gasteiger partial charge in [0, 0.05) is 38.1 Å². The number of piperazine rings is 1. The Bertz CT molecular complexity index is 1220. The Hall–Kier alpha value is -3.75. The standard InChI is InChI=1S/C27H35N5O4/c1-6-32-21-9-8-10-23(35-7-2)20(21)17-22(32)25(33)29-19-11-12-24(28-18-19)30-13-15-31(16-14-30)26(34)36-27(3,4)5/h8-12,17-18H,6-7,13-16H2,1-5H3,(H,29,33). The summed E-state index contributed by atoms with van der Waals surface area (Å²) in [5, 5.41) is 3.89. The molecule has 1 aromatic carbocycles. The number of anilines is 2. The van der Waals surface area contributed by atoms with Crippen LogP contribution in [0.15, 0.2) is 42.6 Å². The number of hydrogen-bond donors (Lipinski definition) is 1. The molecule has 0 atom stereocenters. The van der Waals surface area contributed by atoms with Gasteiger partial charge in [0.2, 0.25) is 0 Å². The Labute approximate surface area is 212 Å². The first-order chi connectivity index (χ1) is 17.2. The second kappa shape index (κ2) is 10.5. The average molecular weight is 494 g/mol. The van der Waals surface area contributed by atoms with Gasteiger partial charge in [0.1, 0.15) is 22.9 Å². The fourth-order valence-electron chi connectivity index (χ4n) is 4.35. The summed E-state index contributed by atoms with van der Waals surface area (Å²) in [5.41, 5.74) is 1.65. The second-order valence-corrected chi connectivity index (χ2v) is 9.71. The van der Waals surface area contributed by atoms with Crippen molar-refractivity contribution in [2.45, 2.75) is 46.8 Å². The summed E-state index contributed by atoms with van der Waals surface area (Å²) < 4.78 is 13.2. The Kier molecular flexibility index (Phi) is 7.37. The van der Waals surface area contributed by atoms with Crippen molar-refractivity contribution in [1.82, 2.24) is 14.5 Å². The zero-order valence-electron chi connectivity index (χ0n) is 21.7. The van der Waals surface area contributed by atoms with Crippen LogP contribution in [0.25, 0.3) is 10.9 Å². The average Bonchev–Trinajstić information content (AvgIpc) is 3.24. The monoisotopic (exact) mass is 493 g/mol. The predicted molar refractivity (Wildman–Crippen MR) is 141 cm³/mol. The van der Waals surface area contributed by atoms with E-state index >= 15 is 0 Å². The molecule has 2 aromatic heterocycles. The molecule has 1 fully saturated rings. The lowest BCUT2D eigenvalue weighted by Crippen LogP contribution is -2.50. The highest BCUT2D eigenvalue weighted by Gasteiger charge is 2.26. The van der Waals surface area contributed by atoms with Gasteiger partial charge in [0.15, 0.2) is 0 Å². The van der Waals surface area contributed by atoms with Crippen molar-refractivity contribution in [1.29, 1.82) is 0 Å². The molecule has 9 nitrogen and oxygen atoms in total. The molecule has 0 saturated carbocycles. The van der Waals surface area contributed by atoms with Crippen LogP contribution in [-0.2, 0) is 11.3 Å². The van der Waals surface area contributed by atoms with Crippen LogP contribution < -0.4 is 15.0 Å². The lowest BCUT2D eigenvalue weighted by molar-refractivity contribution is 0.0240. The first kappa shape index (κ1) is 25.3. The number of rotatable bonds is 6. The summed E-state index contributed by atoms with van der Waals surface area (Å²) in [6.45, 7) is 13.2. The van der Waals surface area contributed by atoms with Crippen LogP contribution in [-0.4, -0.2) is 64.8 Å². The Morgan fingerprint density at radius 2 is 1.81 bits per heavy atom. The largest absolute Gasteiger partial charge is 0.493 e. The highest BCUT2D eigenvalue weighted by atomic mass is 16.6. The topological polar surface area (TPSA) is 88.9 Å². The molecule has 1 saturated heterocycles. The fraction of sp³-hybridized carbons (Fsp3) is 0.444. The van der Waals surface area contributed by atoms with E-state index < -0.39 is 5.60 Å². The van der Waals surface area contributed by atoms with E-state index in [2.05, 4.69) is 15.2 Å². The normalized spacial score (nSPS) is 14.1. The van der Waals surface area contributed by atoms with Crippen molar-refractivity contribution >= 4 is 34.4 Å². The van der Waals surface area contributed by atoms with Crippen LogP contribution in [0.2, 0.25) is 0 Å². The first-order valence-corrected chi connectivity index (χ1v) is 12.5. The minimum atomic E-state index is -0.507. The molecule has 36 heavy (non-hydrogen) atoms. The van der Waals surface area contributed by atoms with Gasteiger partial charge in [-0.1, -0.05) is 6.07 Å². The third-order valence-electron chi connectivity index (χ3n) is 6.02. The molecule has 3 heterocycles. The highest BCUT2D eigenvalue weighted by molar-refractivity contribution is 6.07. The first-order valence-electron chi connectivity index (χ1n) is 12.5. The van der Waals surface area contributed by atoms with Gasteiger partial charge in [-0.3, -0.25) is 4.79 Å². The van der Waals surface area contributed by atoms with E-state index in [1.807, 2.05) is 75.6 Å². The van der Waals surface area contributed by atoms with E-state index in [-0.39, 0.29) is 12.0 Å². The van der Waals surface area contributed by atoms with Crippen molar-refractivity contribution in [3.05, 3.63) is 48.3 Å². The molecule has 0 aliphatic carbocycles. The minimum absolute atomic E-state index is 0.198. The quantitative estimate of drug-likeness (QED) is 0.532. The number of carbonyl (C=O) groups excluding carboxylic acids is 2. The number of nitrogens with one attached hydrogen (secondary N) is 1. The predicted octanol–water partition coefficient (Wildman–Crippen LogP) is 4.76. The highest BCUT2D eigenvalue weighted by Crippen LogP contribution is 2.29. The van der Waals surface area contributed by atoms with Gasteiger partial charge in [-0.25, -0.2) is 9.78 Å². The molecule has 1 N–H and O–H groups in total. The summed E-state index contributed by atoms with van der Waals surface area (Å²) >= 11 is 0. The lowest BCUT2D eigenvalue weighted by Gasteiger charge is -2.36. The Balaban J connectivity index is 1.41. The van der Waals surface area contributed by atoms with E-state index in [0.717, 1.165) is 22.5 Å². The summed E-state index contributed by atoms with van der Waals surface area (Å²) in [5.74, 6) is 1.38. The molecular formula is C27H35N5O4. The van der Waals surface area contributed by atoms with Gasteiger partial charge in [-0.05, 0) is 65.0 Å². The number of benzene rings is 1. The number of amides is 2. The van der Waals surface area contributed by atoms with Crippen molar-refractivity contribution < 1.29 is 19.1 Å². The number of hydrogen-bond acceptors (Lipinski definition) is 6. The number of aromatic nitrogens is 2. The maximum atomic E-state index is 13.2. The fourth-order valence-corrected chi connectivity index (χ4v) is 4.35. The molecule has 0 bridgehead atoms. The molecule has 2 amide bonds. The number of aryl methyl sites for hydroxylation is 1. The third-order valence-corrected chi connectivity index (χ3v) is 6.02. The van der Waals surface area contributed by atoms with Crippen molar-refractivity contribution in [2.75, 3.05) is 43.0 Å². The number of nitrogens with zero attached hydrogens (tertiary/aromatic N) is 4. The molecule has 4 rings (SSSR count). The van der Waals surface area contributed by atoms with E-state index in [0.29, 0.717) is 50.7 Å². The lowest BCUT2D eigenvalue weighted by atomic mass is 10.2. The molecule has 3 aromatic rings. The molecule has 192 valence electrons. The van der Waals surface area contributed by atoms with E-state index in [1.165, 1.54) is 0 Å². The van der Waals surface area contributed by atoms with Gasteiger partial charge in [-0.2, -0.15) is 0 Å². The number of carbonyl (C=O) groups is 2. The van der Waals surface area contributed by atoms with E-state index in [4.69, 9.17) is 9.47 Å². The maximum Gasteiger partial charge on any atom is 0.410 e. The molecular weight excluding hydrogens is 458 g/mol. The molecule has 1 aliphatic rings. The van der Waals surface area contributed by atoms with Crippen LogP contribution >= 0.6 is 0 Å². The van der Waals surface area contributed by atoms with Gasteiger partial charge in [0.25, 0.3) is 5.91 Å². The van der Waals surface area contributed by atoms with E-state index in [9.17, 15) is 9.59 Å². The smallest absolute Gasteiger partial charge is 0.410 e. The Morgan fingerprint density at radius 1 is 1.06 bits per heavy atom. The van der Waals surface area contributed by atoms with Crippen LogP contribution in [0, 0.1) is 0 Å². The maximum absolute atomic E-state index is 13.2. The number of ether oxygens (including phenoxy) is 2. The molecule has 0 unspecified atom stereocenters. The van der Waals surface area contributed by atoms with Crippen LogP contribution in [0.4, 0.5) is 16.3 Å².